The Morgan fingerprint density at radius 2 is 1.55 bits per heavy atom. The number of non-ortho nitro benzene ring substituents is 2. The molecule has 1 radical (unpaired) electrons. The number of hydrogen-bond donors (Lipinski definition) is 0. The van der Waals surface area contributed by atoms with Gasteiger partial charge in [-0.05, 0) is 30.1 Å². The Hall–Kier alpha value is -8.44. The number of fused-ring (bicyclic) bond motifs is 7. The molecule has 0 saturated carbocycles. The molecule has 0 saturated heterocycles. The summed E-state index contributed by atoms with van der Waals surface area (Å²) in [5.41, 5.74) is -3.68. The van der Waals surface area contributed by atoms with E-state index >= 15 is 0 Å². The first-order chi connectivity index (χ1) is 28.8. The Labute approximate surface area is 333 Å². The van der Waals surface area contributed by atoms with Crippen molar-refractivity contribution in [1.29, 1.82) is 0 Å². The Kier molecular flexibility index (Phi) is 10.5. The van der Waals surface area contributed by atoms with Crippen molar-refractivity contribution in [3.05, 3.63) is 133 Å². The lowest BCUT2D eigenvalue weighted by molar-refractivity contribution is -0.395. The van der Waals surface area contributed by atoms with Gasteiger partial charge in [-0.15, -0.1) is 0 Å². The topological polar surface area (TPSA) is 308 Å². The van der Waals surface area contributed by atoms with Crippen LogP contribution in [0.4, 0.5) is 22.7 Å². The zero-order chi connectivity index (χ0) is 43.0. The van der Waals surface area contributed by atoms with E-state index in [9.17, 15) is 59.6 Å². The lowest BCUT2D eigenvalue weighted by Crippen LogP contribution is -2.27. The van der Waals surface area contributed by atoms with Gasteiger partial charge < -0.3 is 23.5 Å². The van der Waals surface area contributed by atoms with Gasteiger partial charge in [0.05, 0.1) is 72.0 Å². The zero-order valence-electron chi connectivity index (χ0n) is 30.5. The summed E-state index contributed by atoms with van der Waals surface area (Å²) in [5, 5.41) is 52.2. The molecule has 60 heavy (non-hydrogen) atoms. The molecule has 301 valence electrons. The molecule has 1 aliphatic carbocycles. The predicted molar refractivity (Wildman–Crippen MR) is 203 cm³/mol. The first-order valence-corrected chi connectivity index (χ1v) is 17.3. The van der Waals surface area contributed by atoms with Crippen molar-refractivity contribution in [2.75, 3.05) is 6.61 Å². The Morgan fingerprint density at radius 1 is 0.900 bits per heavy atom. The molecule has 1 aliphatic heterocycles. The number of pyridine rings is 2. The van der Waals surface area contributed by atoms with Crippen LogP contribution < -0.4 is 11.0 Å². The smallest absolute Gasteiger partial charge is 0.412 e. The first-order valence-electron chi connectivity index (χ1n) is 17.3. The Balaban J connectivity index is 1.22. The molecule has 5 aromatic rings. The van der Waals surface area contributed by atoms with Gasteiger partial charge in [0.2, 0.25) is 6.61 Å². The third-order valence-electron chi connectivity index (χ3n) is 9.59. The van der Waals surface area contributed by atoms with Crippen molar-refractivity contribution in [3.63, 3.8) is 0 Å². The van der Waals surface area contributed by atoms with Crippen LogP contribution in [0.15, 0.2) is 64.5 Å². The van der Waals surface area contributed by atoms with E-state index in [2.05, 4.69) is 5.16 Å². The Bertz CT molecular complexity index is 2760. The number of aromatic nitrogens is 2. The summed E-state index contributed by atoms with van der Waals surface area (Å²) in [6, 6.07) is 11.3. The molecule has 1 atom stereocenters. The monoisotopic (exact) mass is 820 g/mol. The molecule has 0 spiro atoms. The van der Waals surface area contributed by atoms with Crippen LogP contribution in [-0.2, 0) is 46.5 Å². The molecule has 0 fully saturated rings. The SMILES string of the molecule is CC[C@H](OC(=O)CON=C1c2cc([N+](=O)[O-])cc([N+](=O)[O-])c2-c2c1cc([N+](=O)[O-])cc2[N+](=O)[O-])c1cc2n(c(=O)c1COC=O)Cc1cc3cc([B]OC=O)ccc3nc1-2. The lowest BCUT2D eigenvalue weighted by atomic mass is 9.87. The van der Waals surface area contributed by atoms with Gasteiger partial charge in [-0.2, -0.15) is 0 Å². The average molecular weight is 820 g/mol. The van der Waals surface area contributed by atoms with Crippen LogP contribution in [0.25, 0.3) is 33.4 Å². The molecule has 23 nitrogen and oxygen atoms in total. The number of carbonyl (C=O) groups excluding carboxylic acids is 3. The summed E-state index contributed by atoms with van der Waals surface area (Å²) in [4.78, 5) is 103. The number of esters is 1. The highest BCUT2D eigenvalue weighted by molar-refractivity contribution is 6.48. The third kappa shape index (κ3) is 7.07. The highest BCUT2D eigenvalue weighted by atomic mass is 16.7. The fourth-order valence-electron chi connectivity index (χ4n) is 7.12. The molecular formula is C36H23BN7O16. The number of benzene rings is 3. The van der Waals surface area contributed by atoms with E-state index < -0.39 is 101 Å². The summed E-state index contributed by atoms with van der Waals surface area (Å²) in [5.74, 6) is -1.10. The van der Waals surface area contributed by atoms with E-state index in [1.165, 1.54) is 12.0 Å². The van der Waals surface area contributed by atoms with Gasteiger partial charge in [0, 0.05) is 39.8 Å². The van der Waals surface area contributed by atoms with Crippen LogP contribution in [0.5, 0.6) is 0 Å². The standard InChI is InChI=1S/C36H23BN7O16/c1-2-30(22-11-29-34-18(12-40(29)36(48)25(22)13-57-15-45)5-17-6-19(37-58-16-46)3-4-26(17)38-34)60-31(47)14-59-39-35-23-7-20(41(49)50)9-27(43(53)54)32(23)33-24(35)8-21(42(51)52)10-28(33)44(55)56/h3-11,15-16,30H,2,12-14H2,1H3/t30-/m0/s1. The summed E-state index contributed by atoms with van der Waals surface area (Å²) >= 11 is 0. The first kappa shape index (κ1) is 39.8. The highest BCUT2D eigenvalue weighted by Crippen LogP contribution is 2.50. The van der Waals surface area contributed by atoms with Gasteiger partial charge >= 0.3 is 13.5 Å². The second-order valence-corrected chi connectivity index (χ2v) is 13.0. The van der Waals surface area contributed by atoms with E-state index in [0.717, 1.165) is 12.1 Å². The fourth-order valence-corrected chi connectivity index (χ4v) is 7.12. The van der Waals surface area contributed by atoms with Crippen LogP contribution in [0.3, 0.4) is 0 Å². The number of nitrogens with zero attached hydrogens (tertiary/aromatic N) is 7. The average Bonchev–Trinajstić information content (AvgIpc) is 3.74. The maximum Gasteiger partial charge on any atom is 0.412 e. The molecule has 2 aliphatic rings. The molecule has 24 heteroatoms. The molecule has 3 heterocycles. The molecule has 0 bridgehead atoms. The van der Waals surface area contributed by atoms with Gasteiger partial charge in [0.15, 0.2) is 0 Å². The molecular weight excluding hydrogens is 797 g/mol. The molecule has 2 aromatic heterocycles. The largest absolute Gasteiger partial charge is 0.535 e. The molecule has 0 N–H and O–H groups in total. The van der Waals surface area contributed by atoms with Crippen LogP contribution >= 0.6 is 0 Å². The number of carbonyl (C=O) groups is 3. The van der Waals surface area contributed by atoms with Crippen LogP contribution in [0.1, 0.15) is 47.3 Å². The second kappa shape index (κ2) is 15.8. The maximum atomic E-state index is 13.9. The van der Waals surface area contributed by atoms with E-state index in [1.807, 2.05) is 6.07 Å². The summed E-state index contributed by atoms with van der Waals surface area (Å²) < 4.78 is 16.8. The fraction of sp³-hybridized carbons (Fsp3) is 0.167. The van der Waals surface area contributed by atoms with Crippen molar-refractivity contribution in [1.82, 2.24) is 9.55 Å². The van der Waals surface area contributed by atoms with Crippen LogP contribution in [-0.4, -0.2) is 68.0 Å². The Morgan fingerprint density at radius 3 is 2.12 bits per heavy atom. The number of nitro groups is 4. The van der Waals surface area contributed by atoms with Gasteiger partial charge in [0.1, 0.15) is 18.4 Å². The maximum absolute atomic E-state index is 13.9. The predicted octanol–water partition coefficient (Wildman–Crippen LogP) is 3.59. The minimum absolute atomic E-state index is 0.0162. The van der Waals surface area contributed by atoms with Gasteiger partial charge in [0.25, 0.3) is 41.3 Å². The molecule has 0 amide bonds. The number of rotatable bonds is 16. The van der Waals surface area contributed by atoms with E-state index in [-0.39, 0.29) is 37.0 Å². The van der Waals surface area contributed by atoms with Crippen LogP contribution in [0, 0.1) is 40.5 Å². The van der Waals surface area contributed by atoms with Gasteiger partial charge in [-0.1, -0.05) is 24.2 Å². The van der Waals surface area contributed by atoms with Gasteiger partial charge in [-0.3, -0.25) is 54.8 Å². The van der Waals surface area contributed by atoms with Crippen molar-refractivity contribution in [2.24, 2.45) is 5.16 Å². The minimum atomic E-state index is -1.17. The van der Waals surface area contributed by atoms with Crippen LogP contribution in [0.2, 0.25) is 0 Å². The van der Waals surface area contributed by atoms with Crippen molar-refractivity contribution in [3.8, 4) is 22.5 Å². The normalized spacial score (nSPS) is 12.2. The van der Waals surface area contributed by atoms with Crippen molar-refractivity contribution < 1.29 is 53.0 Å². The number of ether oxygens (including phenoxy) is 2. The lowest BCUT2D eigenvalue weighted by Gasteiger charge is -2.20. The number of hydrogen-bond acceptors (Lipinski definition) is 18. The van der Waals surface area contributed by atoms with E-state index in [4.69, 9.17) is 23.9 Å². The van der Waals surface area contributed by atoms with Crippen molar-refractivity contribution in [2.45, 2.75) is 32.6 Å². The van der Waals surface area contributed by atoms with E-state index in [1.54, 1.807) is 31.2 Å². The summed E-state index contributed by atoms with van der Waals surface area (Å²) in [7, 11) is 1.26. The molecule has 3 aromatic carbocycles. The summed E-state index contributed by atoms with van der Waals surface area (Å²) in [6.45, 7) is 0.637. The van der Waals surface area contributed by atoms with Crippen molar-refractivity contribution >= 4 is 71.2 Å². The highest BCUT2D eigenvalue weighted by Gasteiger charge is 2.42. The third-order valence-corrected chi connectivity index (χ3v) is 9.59. The van der Waals surface area contributed by atoms with Gasteiger partial charge in [-0.25, -0.2) is 9.78 Å². The molecule has 7 rings (SSSR count). The quantitative estimate of drug-likeness (QED) is 0.0442. The minimum Gasteiger partial charge on any atom is -0.535 e. The summed E-state index contributed by atoms with van der Waals surface area (Å²) in [6.07, 6.45) is -1.10. The second-order valence-electron chi connectivity index (χ2n) is 13.0. The van der Waals surface area contributed by atoms with E-state index in [0.29, 0.717) is 45.4 Å². The zero-order valence-corrected chi connectivity index (χ0v) is 30.5. The number of oxime groups is 1. The molecule has 0 unspecified atom stereocenters. The number of nitro benzene ring substituents is 4.